The molecule has 132 valence electrons. The number of non-ortho nitro benzene ring substituents is 1. The van der Waals surface area contributed by atoms with Gasteiger partial charge in [0.25, 0.3) is 5.69 Å². The number of benzene rings is 3. The summed E-state index contributed by atoms with van der Waals surface area (Å²) in [5, 5.41) is 13.9. The first-order valence-electron chi connectivity index (χ1n) is 8.05. The van der Waals surface area contributed by atoms with E-state index >= 15 is 0 Å². The van der Waals surface area contributed by atoms with E-state index < -0.39 is 4.92 Å². The van der Waals surface area contributed by atoms with E-state index in [0.29, 0.717) is 12.3 Å². The van der Waals surface area contributed by atoms with Crippen LogP contribution in [0.25, 0.3) is 0 Å². The lowest BCUT2D eigenvalue weighted by Gasteiger charge is -2.10. The zero-order valence-corrected chi connectivity index (χ0v) is 13.9. The van der Waals surface area contributed by atoms with Gasteiger partial charge in [-0.25, -0.2) is 4.39 Å². The van der Waals surface area contributed by atoms with Crippen molar-refractivity contribution in [3.8, 4) is 5.75 Å². The molecule has 26 heavy (non-hydrogen) atoms. The van der Waals surface area contributed by atoms with Crippen LogP contribution in [0.15, 0.2) is 72.8 Å². The van der Waals surface area contributed by atoms with Crippen LogP contribution in [-0.2, 0) is 13.2 Å². The molecular weight excluding hydrogens is 335 g/mol. The smallest absolute Gasteiger partial charge is 0.269 e. The topological polar surface area (TPSA) is 64.4 Å². The molecule has 0 atom stereocenters. The molecule has 3 rings (SSSR count). The monoisotopic (exact) mass is 352 g/mol. The second-order valence-corrected chi connectivity index (χ2v) is 5.72. The third kappa shape index (κ3) is 4.80. The number of nitrogens with one attached hydrogen (secondary N) is 1. The molecule has 5 nitrogen and oxygen atoms in total. The summed E-state index contributed by atoms with van der Waals surface area (Å²) < 4.78 is 18.9. The summed E-state index contributed by atoms with van der Waals surface area (Å²) in [6, 6.07) is 20.1. The third-order valence-electron chi connectivity index (χ3n) is 3.77. The number of rotatable bonds is 7. The quantitative estimate of drug-likeness (QED) is 0.484. The van der Waals surface area contributed by atoms with Gasteiger partial charge in [-0.1, -0.05) is 24.3 Å². The Bertz CT molecular complexity index is 898. The summed E-state index contributed by atoms with van der Waals surface area (Å²) in [5.74, 6) is 0.407. The van der Waals surface area contributed by atoms with Crippen molar-refractivity contribution in [3.63, 3.8) is 0 Å². The van der Waals surface area contributed by atoms with E-state index in [-0.39, 0.29) is 18.1 Å². The van der Waals surface area contributed by atoms with Crippen LogP contribution in [0.4, 0.5) is 15.8 Å². The minimum absolute atomic E-state index is 0.0586. The molecule has 0 unspecified atom stereocenters. The second-order valence-electron chi connectivity index (χ2n) is 5.72. The van der Waals surface area contributed by atoms with Crippen molar-refractivity contribution in [3.05, 3.63) is 99.9 Å². The van der Waals surface area contributed by atoms with E-state index in [1.165, 1.54) is 24.3 Å². The van der Waals surface area contributed by atoms with E-state index in [2.05, 4.69) is 5.32 Å². The number of anilines is 1. The van der Waals surface area contributed by atoms with Crippen molar-refractivity contribution in [1.29, 1.82) is 0 Å². The van der Waals surface area contributed by atoms with Crippen LogP contribution in [0.2, 0.25) is 0 Å². The molecule has 3 aromatic rings. The van der Waals surface area contributed by atoms with Crippen molar-refractivity contribution < 1.29 is 14.1 Å². The SMILES string of the molecule is O=[N+]([O-])c1ccc(NCc2cccc(OCc3cccc(F)c3)c2)cc1. The molecular formula is C20H17FN2O3. The Morgan fingerprint density at radius 3 is 2.42 bits per heavy atom. The van der Waals surface area contributed by atoms with Crippen LogP contribution in [0, 0.1) is 15.9 Å². The van der Waals surface area contributed by atoms with E-state index in [1.807, 2.05) is 30.3 Å². The Morgan fingerprint density at radius 1 is 0.962 bits per heavy atom. The van der Waals surface area contributed by atoms with Crippen LogP contribution in [0.1, 0.15) is 11.1 Å². The van der Waals surface area contributed by atoms with E-state index in [9.17, 15) is 14.5 Å². The Balaban J connectivity index is 1.57. The largest absolute Gasteiger partial charge is 0.489 e. The fourth-order valence-electron chi connectivity index (χ4n) is 2.44. The molecule has 0 heterocycles. The van der Waals surface area contributed by atoms with E-state index in [1.54, 1.807) is 18.2 Å². The van der Waals surface area contributed by atoms with Gasteiger partial charge < -0.3 is 10.1 Å². The Hall–Kier alpha value is -3.41. The molecule has 3 aromatic carbocycles. The average molecular weight is 352 g/mol. The molecule has 6 heteroatoms. The van der Waals surface area contributed by atoms with Gasteiger partial charge >= 0.3 is 0 Å². The van der Waals surface area contributed by atoms with Gasteiger partial charge in [0.05, 0.1) is 4.92 Å². The third-order valence-corrected chi connectivity index (χ3v) is 3.77. The lowest BCUT2D eigenvalue weighted by Crippen LogP contribution is -2.01. The van der Waals surface area contributed by atoms with Crippen LogP contribution in [0.3, 0.4) is 0 Å². The van der Waals surface area contributed by atoms with Gasteiger partial charge in [-0.2, -0.15) is 0 Å². The average Bonchev–Trinajstić information content (AvgIpc) is 2.65. The molecule has 0 spiro atoms. The van der Waals surface area contributed by atoms with E-state index in [0.717, 1.165) is 16.8 Å². The highest BCUT2D eigenvalue weighted by atomic mass is 19.1. The molecule has 0 amide bonds. The highest BCUT2D eigenvalue weighted by Crippen LogP contribution is 2.19. The van der Waals surface area contributed by atoms with Crippen molar-refractivity contribution in [2.24, 2.45) is 0 Å². The number of nitrogens with zero attached hydrogens (tertiary/aromatic N) is 1. The summed E-state index contributed by atoms with van der Waals surface area (Å²) in [7, 11) is 0. The van der Waals surface area contributed by atoms with Crippen molar-refractivity contribution in [2.45, 2.75) is 13.2 Å². The summed E-state index contributed by atoms with van der Waals surface area (Å²) in [4.78, 5) is 10.2. The molecule has 1 N–H and O–H groups in total. The number of hydrogen-bond acceptors (Lipinski definition) is 4. The maximum absolute atomic E-state index is 13.2. The van der Waals surface area contributed by atoms with Crippen molar-refractivity contribution in [1.82, 2.24) is 0 Å². The molecule has 0 radical (unpaired) electrons. The second kappa shape index (κ2) is 8.11. The Kier molecular flexibility index (Phi) is 5.43. The lowest BCUT2D eigenvalue weighted by molar-refractivity contribution is -0.384. The molecule has 0 aromatic heterocycles. The molecule has 0 fully saturated rings. The Labute approximate surface area is 150 Å². The van der Waals surface area contributed by atoms with Gasteiger partial charge in [-0.05, 0) is 47.5 Å². The van der Waals surface area contributed by atoms with Crippen molar-refractivity contribution in [2.75, 3.05) is 5.32 Å². The molecule has 0 saturated carbocycles. The van der Waals surface area contributed by atoms with Crippen LogP contribution in [0.5, 0.6) is 5.75 Å². The maximum Gasteiger partial charge on any atom is 0.269 e. The summed E-state index contributed by atoms with van der Waals surface area (Å²) in [6.45, 7) is 0.839. The van der Waals surface area contributed by atoms with Gasteiger partial charge in [0, 0.05) is 24.4 Å². The number of nitro benzene ring substituents is 1. The first-order chi connectivity index (χ1) is 12.6. The number of ether oxygens (including phenoxy) is 1. The standard InChI is InChI=1S/C20H17FN2O3/c21-17-5-1-4-16(11-17)14-26-20-6-2-3-15(12-20)13-22-18-7-9-19(10-8-18)23(24)25/h1-12,22H,13-14H2. The maximum atomic E-state index is 13.2. The molecule has 0 aliphatic carbocycles. The normalized spacial score (nSPS) is 10.3. The molecule has 0 aliphatic rings. The molecule has 0 bridgehead atoms. The zero-order valence-electron chi connectivity index (χ0n) is 13.9. The first-order valence-corrected chi connectivity index (χ1v) is 8.05. The summed E-state index contributed by atoms with van der Waals surface area (Å²) in [6.07, 6.45) is 0. The Morgan fingerprint density at radius 2 is 1.69 bits per heavy atom. The number of nitro groups is 1. The summed E-state index contributed by atoms with van der Waals surface area (Å²) >= 11 is 0. The minimum atomic E-state index is -0.427. The van der Waals surface area contributed by atoms with Crippen molar-refractivity contribution >= 4 is 11.4 Å². The number of halogens is 1. The highest BCUT2D eigenvalue weighted by Gasteiger charge is 2.04. The molecule has 0 aliphatic heterocycles. The zero-order chi connectivity index (χ0) is 18.4. The van der Waals surface area contributed by atoms with Gasteiger partial charge in [0.1, 0.15) is 18.2 Å². The highest BCUT2D eigenvalue weighted by molar-refractivity contribution is 5.49. The minimum Gasteiger partial charge on any atom is -0.489 e. The predicted octanol–water partition coefficient (Wildman–Crippen LogP) is 4.93. The van der Waals surface area contributed by atoms with E-state index in [4.69, 9.17) is 4.74 Å². The van der Waals surface area contributed by atoms with Gasteiger partial charge in [-0.15, -0.1) is 0 Å². The fourth-order valence-corrected chi connectivity index (χ4v) is 2.44. The van der Waals surface area contributed by atoms with Gasteiger partial charge in [-0.3, -0.25) is 10.1 Å². The number of hydrogen-bond donors (Lipinski definition) is 1. The van der Waals surface area contributed by atoms with Crippen LogP contribution >= 0.6 is 0 Å². The predicted molar refractivity (Wildman–Crippen MR) is 97.6 cm³/mol. The molecule has 0 saturated heterocycles. The fraction of sp³-hybridized carbons (Fsp3) is 0.100. The van der Waals surface area contributed by atoms with Gasteiger partial charge in [0.15, 0.2) is 0 Å². The summed E-state index contributed by atoms with van der Waals surface area (Å²) in [5.41, 5.74) is 2.62. The lowest BCUT2D eigenvalue weighted by atomic mass is 10.2. The van der Waals surface area contributed by atoms with Crippen LogP contribution in [-0.4, -0.2) is 4.92 Å². The van der Waals surface area contributed by atoms with Crippen LogP contribution < -0.4 is 10.1 Å². The van der Waals surface area contributed by atoms with Gasteiger partial charge in [0.2, 0.25) is 0 Å². The first kappa shape index (κ1) is 17.4.